The highest BCUT2D eigenvalue weighted by Gasteiger charge is 2.31. The van der Waals surface area contributed by atoms with E-state index >= 15 is 0 Å². The van der Waals surface area contributed by atoms with Crippen LogP contribution in [0.3, 0.4) is 0 Å². The van der Waals surface area contributed by atoms with E-state index in [1.807, 2.05) is 45.2 Å². The van der Waals surface area contributed by atoms with Crippen molar-refractivity contribution in [2.75, 3.05) is 11.9 Å². The van der Waals surface area contributed by atoms with E-state index in [0.717, 1.165) is 23.7 Å². The number of ether oxygens (including phenoxy) is 1. The first-order chi connectivity index (χ1) is 16.8. The van der Waals surface area contributed by atoms with Gasteiger partial charge in [-0.05, 0) is 44.9 Å². The number of halogens is 1. The maximum Gasteiger partial charge on any atom is 0.410 e. The fourth-order valence-electron chi connectivity index (χ4n) is 4.17. The number of carbonyl (C=O) groups excluding carboxylic acids is 1. The van der Waals surface area contributed by atoms with Crippen molar-refractivity contribution in [3.63, 3.8) is 0 Å². The van der Waals surface area contributed by atoms with Crippen LogP contribution >= 0.6 is 0 Å². The Morgan fingerprint density at radius 2 is 2.03 bits per heavy atom. The van der Waals surface area contributed by atoms with Gasteiger partial charge < -0.3 is 15.0 Å². The van der Waals surface area contributed by atoms with Gasteiger partial charge >= 0.3 is 6.09 Å². The van der Waals surface area contributed by atoms with Gasteiger partial charge in [0.25, 0.3) is 0 Å². The van der Waals surface area contributed by atoms with Crippen molar-refractivity contribution in [1.82, 2.24) is 24.8 Å². The molecule has 2 N–H and O–H groups in total. The number of H-pyrrole nitrogens is 1. The van der Waals surface area contributed by atoms with Gasteiger partial charge in [-0.1, -0.05) is 18.2 Å². The smallest absolute Gasteiger partial charge is 0.410 e. The molecule has 9 heteroatoms. The highest BCUT2D eigenvalue weighted by atomic mass is 19.1. The van der Waals surface area contributed by atoms with Crippen LogP contribution in [-0.2, 0) is 24.2 Å². The summed E-state index contributed by atoms with van der Waals surface area (Å²) in [6.07, 6.45) is 5.05. The van der Waals surface area contributed by atoms with Crippen LogP contribution in [-0.4, -0.2) is 43.1 Å². The SMILES string of the molecule is CC(C)(C)OC(=O)N1Cc2nc(-c3cncc(F)c3)nc(NCCc3c[nH]c4ccccc34)c2C1. The average Bonchev–Trinajstić information content (AvgIpc) is 3.43. The van der Waals surface area contributed by atoms with E-state index in [-0.39, 0.29) is 0 Å². The van der Waals surface area contributed by atoms with Gasteiger partial charge in [-0.15, -0.1) is 0 Å². The Kier molecular flexibility index (Phi) is 5.84. The summed E-state index contributed by atoms with van der Waals surface area (Å²) >= 11 is 0. The van der Waals surface area contributed by atoms with Gasteiger partial charge in [-0.25, -0.2) is 19.2 Å². The van der Waals surface area contributed by atoms with Crippen molar-refractivity contribution in [3.8, 4) is 11.4 Å². The molecule has 4 heterocycles. The van der Waals surface area contributed by atoms with E-state index in [2.05, 4.69) is 31.3 Å². The summed E-state index contributed by atoms with van der Waals surface area (Å²) in [7, 11) is 0. The Hall–Kier alpha value is -4.01. The van der Waals surface area contributed by atoms with Crippen LogP contribution in [0.1, 0.15) is 37.6 Å². The Bertz CT molecular complexity index is 1390. The molecule has 35 heavy (non-hydrogen) atoms. The number of nitrogens with one attached hydrogen (secondary N) is 2. The summed E-state index contributed by atoms with van der Waals surface area (Å²) in [5.41, 5.74) is 3.71. The second-order valence-corrected chi connectivity index (χ2v) is 9.59. The minimum Gasteiger partial charge on any atom is -0.444 e. The van der Waals surface area contributed by atoms with Crippen molar-refractivity contribution in [2.24, 2.45) is 0 Å². The number of hydrogen-bond donors (Lipinski definition) is 2. The third-order valence-corrected chi connectivity index (χ3v) is 5.76. The Labute approximate surface area is 202 Å². The fourth-order valence-corrected chi connectivity index (χ4v) is 4.17. The number of fused-ring (bicyclic) bond motifs is 2. The monoisotopic (exact) mass is 474 g/mol. The molecule has 0 fully saturated rings. The lowest BCUT2D eigenvalue weighted by atomic mass is 10.1. The quantitative estimate of drug-likeness (QED) is 0.420. The number of pyridine rings is 1. The number of amides is 1. The molecule has 0 bridgehead atoms. The summed E-state index contributed by atoms with van der Waals surface area (Å²) in [5, 5.41) is 4.61. The zero-order chi connectivity index (χ0) is 24.6. The molecule has 5 rings (SSSR count). The number of anilines is 1. The Balaban J connectivity index is 1.41. The molecule has 0 aliphatic carbocycles. The maximum absolute atomic E-state index is 13.8. The molecule has 0 radical (unpaired) electrons. The number of aromatic nitrogens is 4. The third kappa shape index (κ3) is 4.94. The molecule has 0 spiro atoms. The molecule has 8 nitrogen and oxygen atoms in total. The summed E-state index contributed by atoms with van der Waals surface area (Å²) in [4.78, 5) is 30.9. The third-order valence-electron chi connectivity index (χ3n) is 5.76. The van der Waals surface area contributed by atoms with Gasteiger partial charge in [0.15, 0.2) is 5.82 Å². The van der Waals surface area contributed by atoms with E-state index < -0.39 is 17.5 Å². The minimum atomic E-state index is -0.601. The molecule has 1 aliphatic heterocycles. The van der Waals surface area contributed by atoms with Crippen LogP contribution < -0.4 is 5.32 Å². The number of aromatic amines is 1. The van der Waals surface area contributed by atoms with Crippen molar-refractivity contribution in [1.29, 1.82) is 0 Å². The first kappa shape index (κ1) is 22.8. The molecule has 0 atom stereocenters. The molecular formula is C26H27FN6O2. The Morgan fingerprint density at radius 1 is 1.20 bits per heavy atom. The van der Waals surface area contributed by atoms with Crippen LogP contribution in [0.2, 0.25) is 0 Å². The van der Waals surface area contributed by atoms with Gasteiger partial charge in [-0.2, -0.15) is 0 Å². The van der Waals surface area contributed by atoms with Crippen LogP contribution in [0, 0.1) is 5.82 Å². The summed E-state index contributed by atoms with van der Waals surface area (Å²) in [6.45, 7) is 6.75. The van der Waals surface area contributed by atoms with Gasteiger partial charge in [0, 0.05) is 41.0 Å². The topological polar surface area (TPSA) is 96.0 Å². The van der Waals surface area contributed by atoms with E-state index in [0.29, 0.717) is 42.5 Å². The van der Waals surface area contributed by atoms with Gasteiger partial charge in [0.1, 0.15) is 17.2 Å². The van der Waals surface area contributed by atoms with Crippen molar-refractivity contribution < 1.29 is 13.9 Å². The van der Waals surface area contributed by atoms with Crippen LogP contribution in [0.5, 0.6) is 0 Å². The predicted octanol–water partition coefficient (Wildman–Crippen LogP) is 5.06. The van der Waals surface area contributed by atoms with Crippen LogP contribution in [0.25, 0.3) is 22.3 Å². The second kappa shape index (κ2) is 8.98. The maximum atomic E-state index is 13.8. The highest BCUT2D eigenvalue weighted by Crippen LogP contribution is 2.31. The zero-order valence-electron chi connectivity index (χ0n) is 19.9. The van der Waals surface area contributed by atoms with Crippen LogP contribution in [0.4, 0.5) is 15.0 Å². The lowest BCUT2D eigenvalue weighted by molar-refractivity contribution is 0.0241. The molecule has 180 valence electrons. The number of carbonyl (C=O) groups is 1. The average molecular weight is 475 g/mol. The number of nitrogens with zero attached hydrogens (tertiary/aromatic N) is 4. The molecule has 1 aromatic carbocycles. The fraction of sp³-hybridized carbons (Fsp3) is 0.308. The van der Waals surface area contributed by atoms with E-state index in [1.165, 1.54) is 23.2 Å². The summed E-state index contributed by atoms with van der Waals surface area (Å²) in [5.74, 6) is 0.521. The molecule has 1 aliphatic rings. The zero-order valence-corrected chi connectivity index (χ0v) is 19.9. The van der Waals surface area contributed by atoms with Crippen molar-refractivity contribution in [2.45, 2.75) is 45.9 Å². The lowest BCUT2D eigenvalue weighted by Crippen LogP contribution is -2.33. The first-order valence-corrected chi connectivity index (χ1v) is 11.5. The van der Waals surface area contributed by atoms with Crippen molar-refractivity contribution in [3.05, 3.63) is 71.6 Å². The largest absolute Gasteiger partial charge is 0.444 e. The summed E-state index contributed by atoms with van der Waals surface area (Å²) < 4.78 is 19.4. The second-order valence-electron chi connectivity index (χ2n) is 9.59. The molecule has 4 aromatic rings. The molecule has 3 aromatic heterocycles. The number of hydrogen-bond acceptors (Lipinski definition) is 6. The Morgan fingerprint density at radius 3 is 2.83 bits per heavy atom. The van der Waals surface area contributed by atoms with E-state index in [4.69, 9.17) is 4.74 Å². The van der Waals surface area contributed by atoms with Gasteiger partial charge in [0.05, 0.1) is 25.0 Å². The molecule has 1 amide bonds. The van der Waals surface area contributed by atoms with E-state index in [9.17, 15) is 9.18 Å². The molecule has 0 unspecified atom stereocenters. The normalized spacial score (nSPS) is 13.2. The van der Waals surface area contributed by atoms with Crippen molar-refractivity contribution >= 4 is 22.8 Å². The molecule has 0 saturated heterocycles. The highest BCUT2D eigenvalue weighted by molar-refractivity contribution is 5.83. The number of para-hydroxylation sites is 1. The summed E-state index contributed by atoms with van der Waals surface area (Å²) in [6, 6.07) is 9.52. The molecular weight excluding hydrogens is 447 g/mol. The minimum absolute atomic E-state index is 0.291. The predicted molar refractivity (Wildman–Crippen MR) is 131 cm³/mol. The lowest BCUT2D eigenvalue weighted by Gasteiger charge is -2.24. The molecule has 0 saturated carbocycles. The first-order valence-electron chi connectivity index (χ1n) is 11.5. The standard InChI is InChI=1S/C26H27FN6O2/c1-26(2,3)35-25(34)33-14-20-22(15-33)31-23(17-10-18(27)13-28-11-17)32-24(20)29-9-8-16-12-30-21-7-5-4-6-19(16)21/h4-7,10-13,30H,8-9,14-15H2,1-3H3,(H,29,31,32). The van der Waals surface area contributed by atoms with Gasteiger partial charge in [0.2, 0.25) is 0 Å². The van der Waals surface area contributed by atoms with Gasteiger partial charge in [-0.3, -0.25) is 9.88 Å². The van der Waals surface area contributed by atoms with E-state index in [1.54, 1.807) is 4.90 Å². The number of benzene rings is 1. The van der Waals surface area contributed by atoms with Crippen LogP contribution in [0.15, 0.2) is 48.9 Å². The number of rotatable bonds is 5.